The summed E-state index contributed by atoms with van der Waals surface area (Å²) in [7, 11) is 3.92. The number of anilines is 6. The van der Waals surface area contributed by atoms with Gasteiger partial charge < -0.3 is 23.5 Å². The Bertz CT molecular complexity index is 2170. The number of aryl methyl sites for hydroxylation is 2. The number of imidazole rings is 2. The van der Waals surface area contributed by atoms with Crippen molar-refractivity contribution in [2.45, 2.75) is 0 Å². The summed E-state index contributed by atoms with van der Waals surface area (Å²) in [6.07, 6.45) is 7.56. The molecular formula is C38H28FN7Pt. The van der Waals surface area contributed by atoms with E-state index in [1.54, 1.807) is 24.8 Å². The van der Waals surface area contributed by atoms with Crippen molar-refractivity contribution in [1.29, 1.82) is 0 Å². The first-order valence-electron chi connectivity index (χ1n) is 14.9. The molecule has 0 unspecified atom stereocenters. The van der Waals surface area contributed by atoms with Gasteiger partial charge in [0.1, 0.15) is 5.82 Å². The van der Waals surface area contributed by atoms with Crippen molar-refractivity contribution >= 4 is 56.2 Å². The van der Waals surface area contributed by atoms with Gasteiger partial charge in [0.05, 0.1) is 12.7 Å². The summed E-state index contributed by atoms with van der Waals surface area (Å²) < 4.78 is 20.0. The number of hydrogen-bond donors (Lipinski definition) is 0. The second-order valence-corrected chi connectivity index (χ2v) is 11.2. The summed E-state index contributed by atoms with van der Waals surface area (Å²) in [6.45, 7) is 0. The number of benzene rings is 5. The summed E-state index contributed by atoms with van der Waals surface area (Å²) in [5, 5.41) is 1.76. The van der Waals surface area contributed by atoms with Crippen LogP contribution in [0.3, 0.4) is 0 Å². The molecule has 0 fully saturated rings. The van der Waals surface area contributed by atoms with Crippen LogP contribution in [0, 0.1) is 17.9 Å². The van der Waals surface area contributed by atoms with Gasteiger partial charge in [0, 0.05) is 43.6 Å². The Morgan fingerprint density at radius 2 is 1.02 bits per heavy atom. The van der Waals surface area contributed by atoms with Gasteiger partial charge in [-0.05, 0) is 59.9 Å². The SMILES string of the molecule is Cn1cnc(N(c2[c-]c3c4[c-]c(N(c5ccccc5)c5cn(C)cn5)ccc4n(-c4ccc(F)cc4)c3cc2)c2ccccc2)c1.[Pt+2]. The van der Waals surface area contributed by atoms with Crippen LogP contribution in [0.15, 0.2) is 134 Å². The van der Waals surface area contributed by atoms with Crippen LogP contribution >= 0.6 is 0 Å². The molecule has 0 aliphatic heterocycles. The van der Waals surface area contributed by atoms with Crippen LogP contribution in [0.25, 0.3) is 27.5 Å². The fourth-order valence-electron chi connectivity index (χ4n) is 5.94. The van der Waals surface area contributed by atoms with Gasteiger partial charge in [-0.15, -0.1) is 24.3 Å². The molecule has 0 atom stereocenters. The van der Waals surface area contributed by atoms with E-state index in [2.05, 4.69) is 72.9 Å². The zero-order valence-corrected chi connectivity index (χ0v) is 27.8. The average molecular weight is 797 g/mol. The van der Waals surface area contributed by atoms with Crippen LogP contribution in [0.5, 0.6) is 0 Å². The zero-order chi connectivity index (χ0) is 31.2. The summed E-state index contributed by atoms with van der Waals surface area (Å²) in [4.78, 5) is 13.6. The standard InChI is InChI=1S/C38H28FN7.Pt/c1-42-23-37(40-25-42)44(28-9-5-3-6-10-28)31-17-19-35-33(21-31)34-22-32(18-20-36(34)46(35)30-15-13-27(39)14-16-30)45(29-11-7-4-8-12-29)38-24-43(2)26-41-38;/h3-20,23-26H,1-2H3;/q-2;+2. The Kier molecular flexibility index (Phi) is 7.96. The van der Waals surface area contributed by atoms with Gasteiger partial charge in [0.2, 0.25) is 0 Å². The molecule has 0 aliphatic carbocycles. The van der Waals surface area contributed by atoms with Crippen molar-refractivity contribution < 1.29 is 25.5 Å². The molecule has 3 aromatic heterocycles. The molecule has 0 bridgehead atoms. The van der Waals surface area contributed by atoms with E-state index in [0.29, 0.717) is 0 Å². The molecule has 5 aromatic carbocycles. The number of aromatic nitrogens is 5. The van der Waals surface area contributed by atoms with Gasteiger partial charge in [-0.1, -0.05) is 47.4 Å². The molecule has 47 heavy (non-hydrogen) atoms. The van der Waals surface area contributed by atoms with Crippen LogP contribution in [0.2, 0.25) is 0 Å². The quantitative estimate of drug-likeness (QED) is 0.151. The van der Waals surface area contributed by atoms with Crippen LogP contribution in [-0.4, -0.2) is 23.7 Å². The molecule has 0 saturated heterocycles. The topological polar surface area (TPSA) is 47.1 Å². The maximum Gasteiger partial charge on any atom is 2.00 e. The molecule has 232 valence electrons. The van der Waals surface area contributed by atoms with E-state index in [1.807, 2.05) is 84.2 Å². The molecular weight excluding hydrogens is 769 g/mol. The molecule has 0 amide bonds. The molecule has 0 radical (unpaired) electrons. The maximum atomic E-state index is 14.0. The molecule has 9 heteroatoms. The van der Waals surface area contributed by atoms with E-state index in [4.69, 9.17) is 0 Å². The van der Waals surface area contributed by atoms with E-state index in [0.717, 1.165) is 61.9 Å². The largest absolute Gasteiger partial charge is 2.00 e. The van der Waals surface area contributed by atoms with Gasteiger partial charge in [-0.2, -0.15) is 22.9 Å². The number of rotatable bonds is 7. The maximum absolute atomic E-state index is 14.0. The minimum absolute atomic E-state index is 0. The third-order valence-electron chi connectivity index (χ3n) is 7.98. The van der Waals surface area contributed by atoms with Gasteiger partial charge >= 0.3 is 21.1 Å². The number of hydrogen-bond acceptors (Lipinski definition) is 4. The number of nitrogens with zero attached hydrogens (tertiary/aromatic N) is 7. The normalized spacial score (nSPS) is 11.1. The van der Waals surface area contributed by atoms with Crippen molar-refractivity contribution in [3.8, 4) is 5.69 Å². The molecule has 7 nitrogen and oxygen atoms in total. The van der Waals surface area contributed by atoms with Gasteiger partial charge in [-0.3, -0.25) is 0 Å². The summed E-state index contributed by atoms with van der Waals surface area (Å²) >= 11 is 0. The first-order chi connectivity index (χ1) is 22.5. The van der Waals surface area contributed by atoms with E-state index in [9.17, 15) is 4.39 Å². The van der Waals surface area contributed by atoms with Crippen LogP contribution in [0.4, 0.5) is 38.8 Å². The first-order valence-corrected chi connectivity index (χ1v) is 14.9. The minimum Gasteiger partial charge on any atom is -0.409 e. The smallest absolute Gasteiger partial charge is 0.409 e. The number of fused-ring (bicyclic) bond motifs is 3. The Morgan fingerprint density at radius 1 is 0.574 bits per heavy atom. The second kappa shape index (κ2) is 12.4. The predicted molar refractivity (Wildman–Crippen MR) is 181 cm³/mol. The molecule has 8 aromatic rings. The minimum atomic E-state index is -0.282. The van der Waals surface area contributed by atoms with E-state index in [-0.39, 0.29) is 26.9 Å². The molecule has 8 rings (SSSR count). The molecule has 0 N–H and O–H groups in total. The summed E-state index contributed by atoms with van der Waals surface area (Å²) in [6, 6.07) is 42.6. The monoisotopic (exact) mass is 796 g/mol. The van der Waals surface area contributed by atoms with Crippen LogP contribution in [-0.2, 0) is 35.2 Å². The Balaban J connectivity index is 0.00000351. The third-order valence-corrected chi connectivity index (χ3v) is 7.98. The second-order valence-electron chi connectivity index (χ2n) is 11.2. The molecule has 3 heterocycles. The molecule has 0 spiro atoms. The fraction of sp³-hybridized carbons (Fsp3) is 0.0526. The average Bonchev–Trinajstić information content (AvgIpc) is 3.80. The van der Waals surface area contributed by atoms with Crippen LogP contribution < -0.4 is 9.80 Å². The van der Waals surface area contributed by atoms with Crippen molar-refractivity contribution in [1.82, 2.24) is 23.7 Å². The Hall–Kier alpha value is -5.46. The van der Waals surface area contributed by atoms with Gasteiger partial charge in [0.25, 0.3) is 0 Å². The molecule has 0 aliphatic rings. The van der Waals surface area contributed by atoms with Crippen LogP contribution in [0.1, 0.15) is 0 Å². The van der Waals surface area contributed by atoms with Crippen molar-refractivity contribution in [3.05, 3.63) is 152 Å². The van der Waals surface area contributed by atoms with Gasteiger partial charge in [0.15, 0.2) is 11.6 Å². The summed E-state index contributed by atoms with van der Waals surface area (Å²) in [5.41, 5.74) is 6.30. The van der Waals surface area contributed by atoms with Crippen molar-refractivity contribution in [2.24, 2.45) is 14.1 Å². The van der Waals surface area contributed by atoms with Crippen molar-refractivity contribution in [3.63, 3.8) is 0 Å². The Labute approximate surface area is 286 Å². The predicted octanol–water partition coefficient (Wildman–Crippen LogP) is 8.93. The molecule has 0 saturated carbocycles. The Morgan fingerprint density at radius 3 is 1.43 bits per heavy atom. The fourth-order valence-corrected chi connectivity index (χ4v) is 5.94. The summed E-state index contributed by atoms with van der Waals surface area (Å²) in [5.74, 6) is 1.28. The van der Waals surface area contributed by atoms with Crippen molar-refractivity contribution in [2.75, 3.05) is 9.80 Å². The zero-order valence-electron chi connectivity index (χ0n) is 25.5. The number of halogens is 1. The van der Waals surface area contributed by atoms with E-state index in [1.165, 1.54) is 12.1 Å². The third kappa shape index (κ3) is 5.51. The van der Waals surface area contributed by atoms with Gasteiger partial charge in [-0.25, -0.2) is 14.4 Å². The van der Waals surface area contributed by atoms with E-state index < -0.39 is 0 Å². The van der Waals surface area contributed by atoms with E-state index >= 15 is 0 Å². The first kappa shape index (κ1) is 30.2. The number of para-hydroxylation sites is 2.